The van der Waals surface area contributed by atoms with E-state index in [1.807, 2.05) is 6.07 Å². The molecule has 7 heteroatoms. The van der Waals surface area contributed by atoms with Crippen LogP contribution >= 0.6 is 22.9 Å². The van der Waals surface area contributed by atoms with E-state index in [2.05, 4.69) is 5.16 Å². The molecule has 0 aliphatic heterocycles. The summed E-state index contributed by atoms with van der Waals surface area (Å²) in [5.41, 5.74) is 1.54. The van der Waals surface area contributed by atoms with E-state index in [1.165, 1.54) is 23.5 Å². The van der Waals surface area contributed by atoms with Gasteiger partial charge in [-0.05, 0) is 37.5 Å². The van der Waals surface area contributed by atoms with Crippen molar-refractivity contribution in [2.75, 3.05) is 0 Å². The van der Waals surface area contributed by atoms with E-state index in [4.69, 9.17) is 15.9 Å². The maximum atomic E-state index is 12.0. The van der Waals surface area contributed by atoms with Gasteiger partial charge in [0.25, 0.3) is 0 Å². The second-order valence-corrected chi connectivity index (χ2v) is 7.92. The van der Waals surface area contributed by atoms with Crippen LogP contribution in [0.4, 0.5) is 0 Å². The van der Waals surface area contributed by atoms with Gasteiger partial charge in [0, 0.05) is 10.4 Å². The van der Waals surface area contributed by atoms with Crippen LogP contribution in [0.15, 0.2) is 46.4 Å². The highest BCUT2D eigenvalue weighted by atomic mass is 35.5. The number of rotatable bonds is 3. The number of thiophene rings is 1. The zero-order chi connectivity index (χ0) is 14.9. The van der Waals surface area contributed by atoms with Gasteiger partial charge in [0.05, 0.1) is 10.0 Å². The second kappa shape index (κ2) is 5.79. The van der Waals surface area contributed by atoms with Crippen molar-refractivity contribution in [3.05, 3.63) is 51.2 Å². The van der Waals surface area contributed by atoms with Crippen molar-refractivity contribution >= 4 is 38.8 Å². The Hall–Kier alpha value is -1.37. The maximum absolute atomic E-state index is 12.0. The molecule has 0 N–H and O–H groups in total. The van der Waals surface area contributed by atoms with Crippen molar-refractivity contribution in [2.24, 2.45) is 5.16 Å². The summed E-state index contributed by atoms with van der Waals surface area (Å²) in [7, 11) is -3.87. The third-order valence-corrected chi connectivity index (χ3v) is 5.63. The molecule has 4 nitrogen and oxygen atoms in total. The molecular formula is C14H12ClNO3S2. The molecule has 0 atom stereocenters. The molecule has 1 aromatic heterocycles. The van der Waals surface area contributed by atoms with E-state index < -0.39 is 10.1 Å². The summed E-state index contributed by atoms with van der Waals surface area (Å²) in [5, 5.41) is 3.86. The minimum Gasteiger partial charge on any atom is -0.264 e. The summed E-state index contributed by atoms with van der Waals surface area (Å²) in [5.74, 6) is 0. The minimum atomic E-state index is -3.87. The zero-order valence-corrected chi connectivity index (χ0v) is 13.3. The molecule has 1 aliphatic carbocycles. The number of hydrogen-bond acceptors (Lipinski definition) is 5. The SMILES string of the molecule is O=S(=O)(O/N=C1/CCCc2sc(Cl)cc21)c1ccccc1. The lowest BCUT2D eigenvalue weighted by molar-refractivity contribution is 0.337. The standard InChI is InChI=1S/C14H12ClNO3S2/c15-14-9-11-12(7-4-8-13(11)20-14)16-19-21(17,18)10-5-2-1-3-6-10/h1-3,5-6,9H,4,7-8H2/b16-12-. The minimum absolute atomic E-state index is 0.0914. The first-order chi connectivity index (χ1) is 10.1. The first-order valence-electron chi connectivity index (χ1n) is 6.40. The van der Waals surface area contributed by atoms with Gasteiger partial charge in [0.15, 0.2) is 0 Å². The van der Waals surface area contributed by atoms with Gasteiger partial charge in [-0.25, -0.2) is 0 Å². The summed E-state index contributed by atoms with van der Waals surface area (Å²) in [4.78, 5) is 1.22. The van der Waals surface area contributed by atoms with Gasteiger partial charge in [-0.2, -0.15) is 8.42 Å². The molecule has 0 spiro atoms. The summed E-state index contributed by atoms with van der Waals surface area (Å²) in [6.07, 6.45) is 2.54. The Kier molecular flexibility index (Phi) is 4.01. The van der Waals surface area contributed by atoms with Crippen molar-refractivity contribution in [1.82, 2.24) is 0 Å². The smallest absolute Gasteiger partial charge is 0.264 e. The number of halogens is 1. The van der Waals surface area contributed by atoms with Crippen LogP contribution in [0.3, 0.4) is 0 Å². The lowest BCUT2D eigenvalue weighted by Gasteiger charge is -2.12. The molecule has 0 bridgehead atoms. The highest BCUT2D eigenvalue weighted by Crippen LogP contribution is 2.33. The zero-order valence-electron chi connectivity index (χ0n) is 11.0. The van der Waals surface area contributed by atoms with Crippen LogP contribution in [-0.4, -0.2) is 14.1 Å². The van der Waals surface area contributed by atoms with Crippen LogP contribution in [0.1, 0.15) is 23.3 Å². The molecule has 1 heterocycles. The number of nitrogens with zero attached hydrogens (tertiary/aromatic N) is 1. The number of aryl methyl sites for hydroxylation is 1. The quantitative estimate of drug-likeness (QED) is 0.797. The van der Waals surface area contributed by atoms with E-state index >= 15 is 0 Å². The van der Waals surface area contributed by atoms with E-state index in [0.29, 0.717) is 16.5 Å². The summed E-state index contributed by atoms with van der Waals surface area (Å²) in [6, 6.07) is 9.79. The number of oxime groups is 1. The van der Waals surface area contributed by atoms with Gasteiger partial charge >= 0.3 is 10.1 Å². The molecule has 21 heavy (non-hydrogen) atoms. The fraction of sp³-hybridized carbons (Fsp3) is 0.214. The van der Waals surface area contributed by atoms with E-state index in [-0.39, 0.29) is 4.90 Å². The molecule has 0 radical (unpaired) electrons. The van der Waals surface area contributed by atoms with Gasteiger partial charge in [0.1, 0.15) is 4.90 Å². The normalized spacial score (nSPS) is 16.7. The predicted molar refractivity (Wildman–Crippen MR) is 83.5 cm³/mol. The molecule has 0 unspecified atom stereocenters. The highest BCUT2D eigenvalue weighted by molar-refractivity contribution is 7.86. The average Bonchev–Trinajstić information content (AvgIpc) is 2.87. The van der Waals surface area contributed by atoms with Crippen LogP contribution < -0.4 is 0 Å². The molecule has 0 saturated heterocycles. The average molecular weight is 342 g/mol. The van der Waals surface area contributed by atoms with Gasteiger partial charge in [-0.15, -0.1) is 11.3 Å². The number of benzene rings is 1. The monoisotopic (exact) mass is 341 g/mol. The topological polar surface area (TPSA) is 55.7 Å². The summed E-state index contributed by atoms with van der Waals surface area (Å²) < 4.78 is 29.6. The number of hydrogen-bond donors (Lipinski definition) is 0. The molecule has 2 aromatic rings. The Balaban J connectivity index is 1.87. The van der Waals surface area contributed by atoms with Crippen LogP contribution in [-0.2, 0) is 20.8 Å². The van der Waals surface area contributed by atoms with Crippen LogP contribution in [0, 0.1) is 0 Å². The molecular weight excluding hydrogens is 330 g/mol. The first-order valence-corrected chi connectivity index (χ1v) is 9.01. The van der Waals surface area contributed by atoms with Crippen LogP contribution in [0.2, 0.25) is 4.34 Å². The molecule has 1 aliphatic rings. The molecule has 110 valence electrons. The summed E-state index contributed by atoms with van der Waals surface area (Å²) in [6.45, 7) is 0. The van der Waals surface area contributed by atoms with E-state index in [9.17, 15) is 8.42 Å². The van der Waals surface area contributed by atoms with Gasteiger partial charge in [-0.1, -0.05) is 35.0 Å². The Morgan fingerprint density at radius 2 is 1.95 bits per heavy atom. The Morgan fingerprint density at radius 1 is 1.19 bits per heavy atom. The lowest BCUT2D eigenvalue weighted by Crippen LogP contribution is -2.11. The lowest BCUT2D eigenvalue weighted by atomic mass is 9.97. The van der Waals surface area contributed by atoms with Crippen LogP contribution in [0.25, 0.3) is 0 Å². The number of fused-ring (bicyclic) bond motifs is 1. The van der Waals surface area contributed by atoms with Crippen molar-refractivity contribution < 1.29 is 12.7 Å². The molecule has 0 fully saturated rings. The fourth-order valence-corrected chi connectivity index (χ4v) is 4.29. The second-order valence-electron chi connectivity index (χ2n) is 4.62. The van der Waals surface area contributed by atoms with Crippen molar-refractivity contribution in [1.29, 1.82) is 0 Å². The Bertz CT molecular complexity index is 782. The largest absolute Gasteiger partial charge is 0.358 e. The molecule has 3 rings (SSSR count). The van der Waals surface area contributed by atoms with Crippen molar-refractivity contribution in [3.8, 4) is 0 Å². The predicted octanol–water partition coefficient (Wildman–Crippen LogP) is 3.85. The van der Waals surface area contributed by atoms with E-state index in [1.54, 1.807) is 18.2 Å². The molecule has 0 saturated carbocycles. The third-order valence-electron chi connectivity index (χ3n) is 3.18. The fourth-order valence-electron chi connectivity index (χ4n) is 2.20. The first kappa shape index (κ1) is 14.6. The molecule has 0 amide bonds. The van der Waals surface area contributed by atoms with Crippen LogP contribution in [0.5, 0.6) is 0 Å². The van der Waals surface area contributed by atoms with Gasteiger partial charge in [-0.3, -0.25) is 4.28 Å². The third kappa shape index (κ3) is 3.12. The Morgan fingerprint density at radius 3 is 2.71 bits per heavy atom. The summed E-state index contributed by atoms with van der Waals surface area (Å²) >= 11 is 7.51. The van der Waals surface area contributed by atoms with Crippen molar-refractivity contribution in [2.45, 2.75) is 24.2 Å². The molecule has 1 aromatic carbocycles. The van der Waals surface area contributed by atoms with Crippen molar-refractivity contribution in [3.63, 3.8) is 0 Å². The van der Waals surface area contributed by atoms with E-state index in [0.717, 1.165) is 23.3 Å². The maximum Gasteiger partial charge on any atom is 0.358 e. The van der Waals surface area contributed by atoms with Gasteiger partial charge < -0.3 is 0 Å². The van der Waals surface area contributed by atoms with Gasteiger partial charge in [0.2, 0.25) is 0 Å². The Labute approximate surface area is 132 Å². The highest BCUT2D eigenvalue weighted by Gasteiger charge is 2.21.